The van der Waals surface area contributed by atoms with Crippen molar-refractivity contribution in [3.63, 3.8) is 0 Å². The Morgan fingerprint density at radius 3 is 2.50 bits per heavy atom. The van der Waals surface area contributed by atoms with Crippen LogP contribution >= 0.6 is 0 Å². The number of imidazole rings is 1. The van der Waals surface area contributed by atoms with Crippen LogP contribution in [0.5, 0.6) is 0 Å². The molecule has 7 heteroatoms. The number of rotatable bonds is 2. The molecule has 0 radical (unpaired) electrons. The number of benzene rings is 1. The third-order valence-corrected chi connectivity index (χ3v) is 4.13. The fraction of sp³-hybridized carbons (Fsp3) is 0.0769. The monoisotopic (exact) mass is 288 g/mol. The maximum absolute atomic E-state index is 11.5. The fourth-order valence-corrected chi connectivity index (χ4v) is 2.70. The Balaban J connectivity index is 2.19. The quantitative estimate of drug-likeness (QED) is 0.769. The number of sulfone groups is 1. The normalized spacial score (nSPS) is 11.8. The first-order valence-electron chi connectivity index (χ1n) is 5.85. The van der Waals surface area contributed by atoms with E-state index in [-0.39, 0.29) is 4.90 Å². The molecule has 0 aliphatic carbocycles. The lowest BCUT2D eigenvalue weighted by atomic mass is 10.3. The number of fused-ring (bicyclic) bond motifs is 1. The van der Waals surface area contributed by atoms with Crippen molar-refractivity contribution in [3.05, 3.63) is 42.7 Å². The molecule has 0 unspecified atom stereocenters. The Bertz CT molecular complexity index is 882. The van der Waals surface area contributed by atoms with E-state index >= 15 is 0 Å². The van der Waals surface area contributed by atoms with Crippen LogP contribution in [0.25, 0.3) is 16.7 Å². The number of hydrogen-bond donors (Lipinski definition) is 1. The van der Waals surface area contributed by atoms with Crippen LogP contribution in [-0.4, -0.2) is 29.2 Å². The maximum atomic E-state index is 11.5. The number of hydrogen-bond acceptors (Lipinski definition) is 5. The highest BCUT2D eigenvalue weighted by Crippen LogP contribution is 2.23. The van der Waals surface area contributed by atoms with Gasteiger partial charge < -0.3 is 5.73 Å². The van der Waals surface area contributed by atoms with Crippen molar-refractivity contribution in [2.24, 2.45) is 0 Å². The van der Waals surface area contributed by atoms with E-state index in [1.54, 1.807) is 41.2 Å². The lowest BCUT2D eigenvalue weighted by Gasteiger charge is -2.07. The van der Waals surface area contributed by atoms with Crippen LogP contribution in [0.4, 0.5) is 5.95 Å². The van der Waals surface area contributed by atoms with Gasteiger partial charge in [-0.25, -0.2) is 13.4 Å². The van der Waals surface area contributed by atoms with Crippen molar-refractivity contribution in [2.75, 3.05) is 12.0 Å². The van der Waals surface area contributed by atoms with E-state index in [1.165, 1.54) is 6.26 Å². The molecule has 0 fully saturated rings. The minimum absolute atomic E-state index is 0.269. The Morgan fingerprint density at radius 1 is 1.15 bits per heavy atom. The molecule has 0 saturated heterocycles. The average molecular weight is 288 g/mol. The molecule has 3 rings (SSSR count). The Morgan fingerprint density at radius 2 is 1.85 bits per heavy atom. The first-order chi connectivity index (χ1) is 9.47. The van der Waals surface area contributed by atoms with Gasteiger partial charge in [-0.2, -0.15) is 0 Å². The summed E-state index contributed by atoms with van der Waals surface area (Å²) >= 11 is 0. The predicted octanol–water partition coefficient (Wildman–Crippen LogP) is 1.41. The molecule has 1 aromatic carbocycles. The van der Waals surface area contributed by atoms with E-state index in [0.29, 0.717) is 11.5 Å². The lowest BCUT2D eigenvalue weighted by Crippen LogP contribution is -2.02. The van der Waals surface area contributed by atoms with Crippen LogP contribution < -0.4 is 5.73 Å². The van der Waals surface area contributed by atoms with E-state index in [1.807, 2.05) is 6.07 Å². The zero-order valence-electron chi connectivity index (χ0n) is 10.7. The molecule has 2 N–H and O–H groups in total. The number of anilines is 1. The molecule has 3 aromatic rings. The zero-order valence-corrected chi connectivity index (χ0v) is 11.5. The number of nitrogen functional groups attached to an aromatic ring is 1. The van der Waals surface area contributed by atoms with E-state index in [9.17, 15) is 8.42 Å². The average Bonchev–Trinajstić information content (AvgIpc) is 2.73. The first kappa shape index (κ1) is 12.6. The van der Waals surface area contributed by atoms with Gasteiger partial charge in [0.1, 0.15) is 5.52 Å². The summed E-state index contributed by atoms with van der Waals surface area (Å²) in [4.78, 5) is 8.49. The summed E-state index contributed by atoms with van der Waals surface area (Å²) in [5.41, 5.74) is 8.18. The van der Waals surface area contributed by atoms with Crippen molar-refractivity contribution in [1.82, 2.24) is 14.5 Å². The third-order valence-electron chi connectivity index (χ3n) is 3.01. The molecule has 0 saturated carbocycles. The zero-order chi connectivity index (χ0) is 14.3. The van der Waals surface area contributed by atoms with Crippen LogP contribution in [0.15, 0.2) is 47.6 Å². The van der Waals surface area contributed by atoms with Gasteiger partial charge in [-0.3, -0.25) is 9.55 Å². The molecule has 0 amide bonds. The van der Waals surface area contributed by atoms with E-state index in [4.69, 9.17) is 5.73 Å². The molecule has 0 aliphatic rings. The molecule has 0 atom stereocenters. The van der Waals surface area contributed by atoms with Gasteiger partial charge in [0, 0.05) is 18.1 Å². The predicted molar refractivity (Wildman–Crippen MR) is 76.4 cm³/mol. The summed E-state index contributed by atoms with van der Waals surface area (Å²) in [5.74, 6) is 0.333. The van der Waals surface area contributed by atoms with Crippen LogP contribution in [0.2, 0.25) is 0 Å². The third kappa shape index (κ3) is 2.01. The van der Waals surface area contributed by atoms with Crippen molar-refractivity contribution < 1.29 is 8.42 Å². The summed E-state index contributed by atoms with van der Waals surface area (Å²) < 4.78 is 24.7. The van der Waals surface area contributed by atoms with Gasteiger partial charge in [0.05, 0.1) is 16.6 Å². The molecular formula is C13H12N4O2S. The lowest BCUT2D eigenvalue weighted by molar-refractivity contribution is 0.602. The highest BCUT2D eigenvalue weighted by atomic mass is 32.2. The molecule has 0 bridgehead atoms. The van der Waals surface area contributed by atoms with Gasteiger partial charge in [0.25, 0.3) is 0 Å². The minimum Gasteiger partial charge on any atom is -0.369 e. The highest BCUT2D eigenvalue weighted by molar-refractivity contribution is 7.90. The minimum atomic E-state index is -3.21. The van der Waals surface area contributed by atoms with Gasteiger partial charge in [-0.05, 0) is 30.3 Å². The van der Waals surface area contributed by atoms with E-state index in [2.05, 4.69) is 9.97 Å². The number of pyridine rings is 1. The summed E-state index contributed by atoms with van der Waals surface area (Å²) in [7, 11) is -3.21. The van der Waals surface area contributed by atoms with Crippen LogP contribution in [0.1, 0.15) is 0 Å². The van der Waals surface area contributed by atoms with Crippen molar-refractivity contribution in [3.8, 4) is 5.69 Å². The number of aromatic nitrogens is 3. The second kappa shape index (κ2) is 4.31. The van der Waals surface area contributed by atoms with Crippen LogP contribution in [0.3, 0.4) is 0 Å². The summed E-state index contributed by atoms with van der Waals surface area (Å²) in [6, 6.07) is 8.32. The Kier molecular flexibility index (Phi) is 2.72. The second-order valence-corrected chi connectivity index (χ2v) is 6.45. The molecular weight excluding hydrogens is 276 g/mol. The van der Waals surface area contributed by atoms with Gasteiger partial charge >= 0.3 is 0 Å². The topological polar surface area (TPSA) is 90.9 Å². The number of nitrogens with zero attached hydrogens (tertiary/aromatic N) is 3. The molecule has 0 aliphatic heterocycles. The molecule has 2 heterocycles. The van der Waals surface area contributed by atoms with Gasteiger partial charge in [-0.15, -0.1) is 0 Å². The SMILES string of the molecule is CS(=O)(=O)c1ccc(-n2c(N)nc3cnccc32)cc1. The van der Waals surface area contributed by atoms with E-state index < -0.39 is 9.84 Å². The van der Waals surface area contributed by atoms with Gasteiger partial charge in [0.15, 0.2) is 9.84 Å². The largest absolute Gasteiger partial charge is 0.369 e. The molecule has 20 heavy (non-hydrogen) atoms. The van der Waals surface area contributed by atoms with Crippen LogP contribution in [-0.2, 0) is 9.84 Å². The summed E-state index contributed by atoms with van der Waals surface area (Å²) in [5, 5.41) is 0. The smallest absolute Gasteiger partial charge is 0.205 e. The highest BCUT2D eigenvalue weighted by Gasteiger charge is 2.11. The van der Waals surface area contributed by atoms with Crippen molar-refractivity contribution >= 4 is 26.8 Å². The molecule has 6 nitrogen and oxygen atoms in total. The Hall–Kier alpha value is -2.41. The fourth-order valence-electron chi connectivity index (χ4n) is 2.06. The molecule has 2 aromatic heterocycles. The van der Waals surface area contributed by atoms with Crippen molar-refractivity contribution in [2.45, 2.75) is 4.90 Å². The van der Waals surface area contributed by atoms with Gasteiger partial charge in [-0.1, -0.05) is 0 Å². The van der Waals surface area contributed by atoms with E-state index in [0.717, 1.165) is 11.2 Å². The standard InChI is InChI=1S/C13H12N4O2S/c1-20(18,19)10-4-2-9(3-5-10)17-12-6-7-15-8-11(12)16-13(17)14/h2-8H,1H3,(H2,14,16). The molecule has 0 spiro atoms. The summed E-state index contributed by atoms with van der Waals surface area (Å²) in [6.07, 6.45) is 4.46. The first-order valence-corrected chi connectivity index (χ1v) is 7.74. The molecule has 102 valence electrons. The summed E-state index contributed by atoms with van der Waals surface area (Å²) in [6.45, 7) is 0. The Labute approximate surface area is 115 Å². The van der Waals surface area contributed by atoms with Crippen LogP contribution in [0, 0.1) is 0 Å². The number of nitrogens with two attached hydrogens (primary N) is 1. The van der Waals surface area contributed by atoms with Gasteiger partial charge in [0.2, 0.25) is 5.95 Å². The second-order valence-electron chi connectivity index (χ2n) is 4.44. The maximum Gasteiger partial charge on any atom is 0.205 e. The van der Waals surface area contributed by atoms with Crippen molar-refractivity contribution in [1.29, 1.82) is 0 Å².